The van der Waals surface area contributed by atoms with Gasteiger partial charge in [0.25, 0.3) is 5.56 Å². The molecule has 2 unspecified atom stereocenters. The van der Waals surface area contributed by atoms with E-state index >= 15 is 0 Å². The molecule has 0 bridgehead atoms. The Labute approximate surface area is 184 Å². The second kappa shape index (κ2) is 12.7. The van der Waals surface area contributed by atoms with Crippen molar-refractivity contribution in [1.29, 1.82) is 0 Å². The van der Waals surface area contributed by atoms with Gasteiger partial charge in [0.05, 0.1) is 32.5 Å². The topological polar surface area (TPSA) is 146 Å². The molecule has 1 aliphatic rings. The molecule has 1 aliphatic heterocycles. The van der Waals surface area contributed by atoms with E-state index in [1.165, 1.54) is 22.5 Å². The number of nitrogens with one attached hydrogen (secondary N) is 1. The number of aryl methyl sites for hydroxylation is 1. The summed E-state index contributed by atoms with van der Waals surface area (Å²) in [7, 11) is -2.89. The fraction of sp³-hybridized carbons (Fsp3) is 0.722. The maximum Gasteiger partial charge on any atom is 0.330 e. The second-order valence-corrected chi connectivity index (χ2v) is 9.34. The molecule has 4 atom stereocenters. The SMILES string of the molecule is Cc1cn([C@H]2CC(O[PH](=O)OCCOCCSC(=O)C(C)C)[C@@H](CO)O2)c(=O)[nH]c1=O. The molecule has 2 N–H and O–H groups in total. The quantitative estimate of drug-likeness (QED) is 0.326. The summed E-state index contributed by atoms with van der Waals surface area (Å²) in [4.78, 5) is 37.2. The van der Waals surface area contributed by atoms with Gasteiger partial charge >= 0.3 is 13.9 Å². The van der Waals surface area contributed by atoms with Crippen LogP contribution in [0.3, 0.4) is 0 Å². The van der Waals surface area contributed by atoms with Gasteiger partial charge in [0.15, 0.2) is 5.12 Å². The maximum atomic E-state index is 12.1. The lowest BCUT2D eigenvalue weighted by atomic mass is 10.2. The van der Waals surface area contributed by atoms with E-state index in [9.17, 15) is 24.1 Å². The summed E-state index contributed by atoms with van der Waals surface area (Å²) in [5, 5.41) is 9.63. The number of aliphatic hydroxyl groups excluding tert-OH is 1. The molecule has 1 saturated heterocycles. The van der Waals surface area contributed by atoms with E-state index in [1.807, 2.05) is 13.8 Å². The Morgan fingerprint density at radius 1 is 1.39 bits per heavy atom. The molecular formula is C18H29N2O9PS. The van der Waals surface area contributed by atoms with Crippen molar-refractivity contribution in [3.05, 3.63) is 32.6 Å². The van der Waals surface area contributed by atoms with Crippen molar-refractivity contribution in [2.45, 2.75) is 45.6 Å². The molecule has 13 heteroatoms. The monoisotopic (exact) mass is 480 g/mol. The van der Waals surface area contributed by atoms with E-state index in [0.29, 0.717) is 17.9 Å². The summed E-state index contributed by atoms with van der Waals surface area (Å²) < 4.78 is 34.8. The first-order valence-corrected chi connectivity index (χ1v) is 12.1. The number of rotatable bonds is 12. The lowest BCUT2D eigenvalue weighted by Gasteiger charge is -2.16. The smallest absolute Gasteiger partial charge is 0.330 e. The summed E-state index contributed by atoms with van der Waals surface area (Å²) in [5.41, 5.74) is -0.805. The predicted molar refractivity (Wildman–Crippen MR) is 115 cm³/mol. The molecule has 1 fully saturated rings. The van der Waals surface area contributed by atoms with Crippen LogP contribution >= 0.6 is 20.0 Å². The Bertz CT molecular complexity index is 872. The van der Waals surface area contributed by atoms with Crippen molar-refractivity contribution in [3.8, 4) is 0 Å². The zero-order valence-corrected chi connectivity index (χ0v) is 19.5. The zero-order chi connectivity index (χ0) is 23.0. The number of hydrogen-bond acceptors (Lipinski definition) is 10. The first kappa shape index (κ1) is 26.0. The van der Waals surface area contributed by atoms with Gasteiger partial charge in [0.1, 0.15) is 12.3 Å². The first-order chi connectivity index (χ1) is 14.7. The van der Waals surface area contributed by atoms with Crippen LogP contribution in [0.5, 0.6) is 0 Å². The van der Waals surface area contributed by atoms with Crippen LogP contribution in [-0.4, -0.2) is 64.2 Å². The molecule has 31 heavy (non-hydrogen) atoms. The van der Waals surface area contributed by atoms with Crippen molar-refractivity contribution in [1.82, 2.24) is 9.55 Å². The van der Waals surface area contributed by atoms with Crippen molar-refractivity contribution in [2.75, 3.05) is 32.2 Å². The Hall–Kier alpha value is -1.27. The molecule has 0 spiro atoms. The number of carbonyl (C=O) groups is 1. The van der Waals surface area contributed by atoms with Gasteiger partial charge in [-0.1, -0.05) is 25.6 Å². The Kier molecular flexibility index (Phi) is 10.6. The van der Waals surface area contributed by atoms with E-state index in [0.717, 1.165) is 0 Å². The van der Waals surface area contributed by atoms with Crippen molar-refractivity contribution < 1.29 is 33.0 Å². The van der Waals surface area contributed by atoms with Crippen LogP contribution in [0.1, 0.15) is 32.1 Å². The van der Waals surface area contributed by atoms with E-state index in [4.69, 9.17) is 18.5 Å². The summed E-state index contributed by atoms with van der Waals surface area (Å²) in [5.74, 6) is 0.510. The molecule has 1 aromatic heterocycles. The molecular weight excluding hydrogens is 451 g/mol. The van der Waals surface area contributed by atoms with Crippen molar-refractivity contribution in [3.63, 3.8) is 0 Å². The summed E-state index contributed by atoms with van der Waals surface area (Å²) in [6.45, 7) is 5.42. The number of H-pyrrole nitrogens is 1. The normalized spacial score (nSPS) is 22.2. The van der Waals surface area contributed by atoms with Crippen LogP contribution < -0.4 is 11.2 Å². The fourth-order valence-corrected chi connectivity index (χ4v) is 4.32. The van der Waals surface area contributed by atoms with E-state index in [1.54, 1.807) is 6.92 Å². The van der Waals surface area contributed by atoms with E-state index < -0.39 is 44.5 Å². The lowest BCUT2D eigenvalue weighted by Crippen LogP contribution is -2.33. The Balaban J connectivity index is 1.75. The minimum atomic E-state index is -2.89. The number of aromatic nitrogens is 2. The molecule has 2 heterocycles. The summed E-state index contributed by atoms with van der Waals surface area (Å²) >= 11 is 1.21. The highest BCUT2D eigenvalue weighted by Gasteiger charge is 2.38. The van der Waals surface area contributed by atoms with Crippen LogP contribution in [0.2, 0.25) is 0 Å². The minimum Gasteiger partial charge on any atom is -0.394 e. The van der Waals surface area contributed by atoms with Crippen LogP contribution in [0.4, 0.5) is 0 Å². The highest BCUT2D eigenvalue weighted by molar-refractivity contribution is 8.13. The average Bonchev–Trinajstić information content (AvgIpc) is 3.12. The number of nitrogens with zero attached hydrogens (tertiary/aromatic N) is 1. The molecule has 0 aromatic carbocycles. The Morgan fingerprint density at radius 2 is 2.13 bits per heavy atom. The molecule has 1 aromatic rings. The number of aliphatic hydroxyl groups is 1. The molecule has 0 radical (unpaired) electrons. The third-order valence-electron chi connectivity index (χ3n) is 4.46. The number of carbonyl (C=O) groups excluding carboxylic acids is 1. The molecule has 0 saturated carbocycles. The van der Waals surface area contributed by atoms with Gasteiger partial charge in [-0.3, -0.25) is 23.7 Å². The average molecular weight is 480 g/mol. The molecule has 0 aliphatic carbocycles. The van der Waals surface area contributed by atoms with Crippen LogP contribution in [0.25, 0.3) is 0 Å². The van der Waals surface area contributed by atoms with Crippen LogP contribution in [-0.2, 0) is 27.9 Å². The maximum absolute atomic E-state index is 12.1. The van der Waals surface area contributed by atoms with Crippen LogP contribution in [0, 0.1) is 12.8 Å². The zero-order valence-electron chi connectivity index (χ0n) is 17.7. The fourth-order valence-electron chi connectivity index (χ4n) is 2.77. The van der Waals surface area contributed by atoms with Gasteiger partial charge in [-0.15, -0.1) is 0 Å². The van der Waals surface area contributed by atoms with Crippen LogP contribution in [0.15, 0.2) is 15.8 Å². The van der Waals surface area contributed by atoms with Gasteiger partial charge in [-0.2, -0.15) is 0 Å². The first-order valence-electron chi connectivity index (χ1n) is 9.89. The molecule has 176 valence electrons. The summed E-state index contributed by atoms with van der Waals surface area (Å²) in [6.07, 6.45) is -0.816. The Morgan fingerprint density at radius 3 is 2.81 bits per heavy atom. The highest BCUT2D eigenvalue weighted by atomic mass is 32.2. The number of ether oxygens (including phenoxy) is 2. The van der Waals surface area contributed by atoms with Crippen molar-refractivity contribution >= 4 is 25.1 Å². The third-order valence-corrected chi connectivity index (χ3v) is 6.52. The third kappa shape index (κ3) is 7.98. The highest BCUT2D eigenvalue weighted by Crippen LogP contribution is 2.36. The van der Waals surface area contributed by atoms with Crippen molar-refractivity contribution in [2.24, 2.45) is 5.92 Å². The van der Waals surface area contributed by atoms with Gasteiger partial charge in [0, 0.05) is 29.9 Å². The largest absolute Gasteiger partial charge is 0.394 e. The number of thioether (sulfide) groups is 1. The number of hydrogen-bond donors (Lipinski definition) is 2. The lowest BCUT2D eigenvalue weighted by molar-refractivity contribution is -0.113. The van der Waals surface area contributed by atoms with Gasteiger partial charge in [-0.25, -0.2) is 4.79 Å². The predicted octanol–water partition coefficient (Wildman–Crippen LogP) is 0.849. The summed E-state index contributed by atoms with van der Waals surface area (Å²) in [6, 6.07) is 0. The molecule has 11 nitrogen and oxygen atoms in total. The molecule has 0 amide bonds. The van der Waals surface area contributed by atoms with Gasteiger partial charge < -0.3 is 23.6 Å². The second-order valence-electron chi connectivity index (χ2n) is 7.22. The van der Waals surface area contributed by atoms with Gasteiger partial charge in [0.2, 0.25) is 0 Å². The van der Waals surface area contributed by atoms with E-state index in [-0.39, 0.29) is 30.7 Å². The van der Waals surface area contributed by atoms with Gasteiger partial charge in [-0.05, 0) is 6.92 Å². The minimum absolute atomic E-state index is 0.0233. The standard InChI is InChI=1S/C18H29N2O9PS/c1-11(2)17(23)31-7-6-26-4-5-27-30(25)29-13-8-15(28-14(13)10-21)20-9-12(3)16(22)19-18(20)24/h9,11,13-15,21,30H,4-8,10H2,1-3H3,(H,19,22,24)/t13?,14-,15-/m1/s1. The molecule has 2 rings (SSSR count). The van der Waals surface area contributed by atoms with E-state index in [2.05, 4.69) is 4.98 Å². The number of aromatic amines is 1.